The zero-order valence-electron chi connectivity index (χ0n) is 14.5. The van der Waals surface area contributed by atoms with E-state index in [0.29, 0.717) is 0 Å². The maximum Gasteiger partial charge on any atom is 0.169 e. The summed E-state index contributed by atoms with van der Waals surface area (Å²) in [6.45, 7) is 5.00. The van der Waals surface area contributed by atoms with Crippen molar-refractivity contribution in [3.05, 3.63) is 83.9 Å². The van der Waals surface area contributed by atoms with Crippen LogP contribution in [0.1, 0.15) is 13.8 Å². The lowest BCUT2D eigenvalue weighted by atomic mass is 10.1. The molecule has 0 spiro atoms. The predicted molar refractivity (Wildman–Crippen MR) is 106 cm³/mol. The Morgan fingerprint density at radius 3 is 2.20 bits per heavy atom. The number of nitrogens with zero attached hydrogens (tertiary/aromatic N) is 1. The molecule has 0 saturated heterocycles. The van der Waals surface area contributed by atoms with Crippen molar-refractivity contribution in [3.8, 4) is 16.9 Å². The summed E-state index contributed by atoms with van der Waals surface area (Å²) in [5.74, 6) is 0.854. The number of anilines is 1. The first-order chi connectivity index (χ1) is 12.2. The highest BCUT2D eigenvalue weighted by atomic mass is 35.5. The van der Waals surface area contributed by atoms with Crippen molar-refractivity contribution in [3.63, 3.8) is 0 Å². The third kappa shape index (κ3) is 4.34. The van der Waals surface area contributed by atoms with E-state index in [9.17, 15) is 0 Å². The van der Waals surface area contributed by atoms with Gasteiger partial charge in [-0.2, -0.15) is 0 Å². The molecule has 3 rings (SSSR count). The fraction of sp³-hybridized carbons (Fsp3) is 0.182. The van der Waals surface area contributed by atoms with Crippen molar-refractivity contribution < 1.29 is 4.74 Å². The molecular weight excluding hydrogens is 330 g/mol. The fourth-order valence-electron chi connectivity index (χ4n) is 2.92. The SMILES string of the molecule is CCN(c1cccc(Cl)c1)C(C)Oc1ccc(-c2ccccc2)cc1. The van der Waals surface area contributed by atoms with Gasteiger partial charge in [-0.05, 0) is 55.3 Å². The molecule has 3 aromatic rings. The molecule has 0 heterocycles. The molecule has 0 N–H and O–H groups in total. The van der Waals surface area contributed by atoms with Crippen LogP contribution in [0.5, 0.6) is 5.75 Å². The van der Waals surface area contributed by atoms with Crippen LogP contribution in [0, 0.1) is 0 Å². The lowest BCUT2D eigenvalue weighted by Crippen LogP contribution is -2.37. The molecule has 0 aromatic heterocycles. The van der Waals surface area contributed by atoms with E-state index in [1.165, 1.54) is 11.1 Å². The molecule has 2 nitrogen and oxygen atoms in total. The topological polar surface area (TPSA) is 12.5 Å². The first-order valence-electron chi connectivity index (χ1n) is 8.51. The number of ether oxygens (including phenoxy) is 1. The Bertz CT molecular complexity index is 802. The van der Waals surface area contributed by atoms with Gasteiger partial charge in [0.1, 0.15) is 5.75 Å². The number of rotatable bonds is 6. The van der Waals surface area contributed by atoms with Crippen molar-refractivity contribution in [1.82, 2.24) is 0 Å². The number of halogens is 1. The zero-order chi connectivity index (χ0) is 17.6. The summed E-state index contributed by atoms with van der Waals surface area (Å²) < 4.78 is 6.14. The van der Waals surface area contributed by atoms with Crippen molar-refractivity contribution >= 4 is 17.3 Å². The lowest BCUT2D eigenvalue weighted by Gasteiger charge is -2.30. The Kier molecular flexibility index (Phi) is 5.62. The Morgan fingerprint density at radius 1 is 0.880 bits per heavy atom. The second kappa shape index (κ2) is 8.09. The van der Waals surface area contributed by atoms with Gasteiger partial charge >= 0.3 is 0 Å². The van der Waals surface area contributed by atoms with Crippen LogP contribution < -0.4 is 9.64 Å². The molecule has 1 atom stereocenters. The first-order valence-corrected chi connectivity index (χ1v) is 8.89. The van der Waals surface area contributed by atoms with Gasteiger partial charge in [-0.25, -0.2) is 0 Å². The summed E-state index contributed by atoms with van der Waals surface area (Å²) in [7, 11) is 0. The molecule has 1 unspecified atom stereocenters. The third-order valence-corrected chi connectivity index (χ3v) is 4.42. The van der Waals surface area contributed by atoms with E-state index < -0.39 is 0 Å². The number of hydrogen-bond donors (Lipinski definition) is 0. The van der Waals surface area contributed by atoms with E-state index in [4.69, 9.17) is 16.3 Å². The molecule has 0 aliphatic rings. The summed E-state index contributed by atoms with van der Waals surface area (Å²) in [4.78, 5) is 2.18. The quantitative estimate of drug-likeness (QED) is 0.486. The van der Waals surface area contributed by atoms with E-state index in [2.05, 4.69) is 43.0 Å². The number of hydrogen-bond acceptors (Lipinski definition) is 2. The minimum absolute atomic E-state index is 0.0916. The maximum absolute atomic E-state index is 6.14. The molecule has 128 valence electrons. The van der Waals surface area contributed by atoms with E-state index in [-0.39, 0.29) is 6.23 Å². The van der Waals surface area contributed by atoms with Crippen molar-refractivity contribution in [2.24, 2.45) is 0 Å². The summed E-state index contributed by atoms with van der Waals surface area (Å²) in [6, 6.07) is 26.4. The summed E-state index contributed by atoms with van der Waals surface area (Å²) in [5, 5.41) is 0.732. The molecule has 3 aromatic carbocycles. The molecule has 3 heteroatoms. The molecule has 0 radical (unpaired) electrons. The zero-order valence-corrected chi connectivity index (χ0v) is 15.3. The Hall–Kier alpha value is -2.45. The van der Waals surface area contributed by atoms with Crippen LogP contribution in [-0.2, 0) is 0 Å². The molecule has 25 heavy (non-hydrogen) atoms. The molecule has 0 fully saturated rings. The molecular formula is C22H22ClNO. The summed E-state index contributed by atoms with van der Waals surface area (Å²) in [5.41, 5.74) is 3.45. The van der Waals surface area contributed by atoms with Gasteiger partial charge in [0.15, 0.2) is 6.23 Å². The Labute approximate surface area is 154 Å². The van der Waals surface area contributed by atoms with Gasteiger partial charge in [0, 0.05) is 17.3 Å². The van der Waals surface area contributed by atoms with Crippen LogP contribution in [0.2, 0.25) is 5.02 Å². The molecule has 0 aliphatic heterocycles. The Balaban J connectivity index is 1.72. The second-order valence-electron chi connectivity index (χ2n) is 5.87. The lowest BCUT2D eigenvalue weighted by molar-refractivity contribution is 0.216. The van der Waals surface area contributed by atoms with E-state index in [1.54, 1.807) is 0 Å². The van der Waals surface area contributed by atoms with Crippen LogP contribution in [0.15, 0.2) is 78.9 Å². The van der Waals surface area contributed by atoms with Crippen LogP contribution in [-0.4, -0.2) is 12.8 Å². The van der Waals surface area contributed by atoms with Gasteiger partial charge in [0.05, 0.1) is 0 Å². The standard InChI is InChI=1S/C22H22ClNO/c1-3-24(21-11-7-10-20(23)16-21)17(2)25-22-14-12-19(13-15-22)18-8-5-4-6-9-18/h4-17H,3H2,1-2H3. The van der Waals surface area contributed by atoms with Crippen molar-refractivity contribution in [2.45, 2.75) is 20.1 Å². The smallest absolute Gasteiger partial charge is 0.169 e. The maximum atomic E-state index is 6.14. The molecule has 0 amide bonds. The van der Waals surface area contributed by atoms with Crippen LogP contribution in [0.4, 0.5) is 5.69 Å². The van der Waals surface area contributed by atoms with E-state index in [1.807, 2.05) is 54.6 Å². The van der Waals surface area contributed by atoms with E-state index >= 15 is 0 Å². The highest BCUT2D eigenvalue weighted by Gasteiger charge is 2.14. The van der Waals surface area contributed by atoms with Gasteiger partial charge in [0.2, 0.25) is 0 Å². The molecule has 0 saturated carbocycles. The predicted octanol–water partition coefficient (Wildman–Crippen LogP) is 6.26. The summed E-state index contributed by atoms with van der Waals surface area (Å²) >= 11 is 6.12. The average Bonchev–Trinajstić information content (AvgIpc) is 2.64. The van der Waals surface area contributed by atoms with Crippen molar-refractivity contribution in [2.75, 3.05) is 11.4 Å². The van der Waals surface area contributed by atoms with Gasteiger partial charge < -0.3 is 9.64 Å². The minimum atomic E-state index is -0.0916. The molecule has 0 bridgehead atoms. The minimum Gasteiger partial charge on any atom is -0.471 e. The van der Waals surface area contributed by atoms with Crippen LogP contribution in [0.25, 0.3) is 11.1 Å². The third-order valence-electron chi connectivity index (χ3n) is 4.19. The van der Waals surface area contributed by atoms with Crippen molar-refractivity contribution in [1.29, 1.82) is 0 Å². The fourth-order valence-corrected chi connectivity index (χ4v) is 3.11. The largest absolute Gasteiger partial charge is 0.471 e. The van der Waals surface area contributed by atoms with E-state index in [0.717, 1.165) is 23.0 Å². The van der Waals surface area contributed by atoms with Gasteiger partial charge in [-0.3, -0.25) is 0 Å². The van der Waals surface area contributed by atoms with Gasteiger partial charge in [0.25, 0.3) is 0 Å². The number of benzene rings is 3. The monoisotopic (exact) mass is 351 g/mol. The highest BCUT2D eigenvalue weighted by Crippen LogP contribution is 2.25. The Morgan fingerprint density at radius 2 is 1.56 bits per heavy atom. The summed E-state index contributed by atoms with van der Waals surface area (Å²) in [6.07, 6.45) is -0.0916. The van der Waals surface area contributed by atoms with Gasteiger partial charge in [-0.15, -0.1) is 0 Å². The second-order valence-corrected chi connectivity index (χ2v) is 6.31. The first kappa shape index (κ1) is 17.4. The van der Waals surface area contributed by atoms with Crippen LogP contribution in [0.3, 0.4) is 0 Å². The normalized spacial score (nSPS) is 11.8. The molecule has 0 aliphatic carbocycles. The van der Waals surface area contributed by atoms with Gasteiger partial charge in [-0.1, -0.05) is 60.1 Å². The average molecular weight is 352 g/mol. The van der Waals surface area contributed by atoms with Crippen LogP contribution >= 0.6 is 11.6 Å². The highest BCUT2D eigenvalue weighted by molar-refractivity contribution is 6.30.